The molecule has 1 aromatic carbocycles. The van der Waals surface area contributed by atoms with Crippen LogP contribution in [0.2, 0.25) is 0 Å². The Morgan fingerprint density at radius 1 is 1.35 bits per heavy atom. The molecule has 2 rings (SSSR count). The van der Waals surface area contributed by atoms with E-state index >= 15 is 0 Å². The van der Waals surface area contributed by atoms with Crippen LogP contribution >= 0.6 is 0 Å². The fourth-order valence-corrected chi connectivity index (χ4v) is 2.70. The molecule has 8 nitrogen and oxygen atoms in total. The van der Waals surface area contributed by atoms with Crippen molar-refractivity contribution < 1.29 is 19.4 Å². The van der Waals surface area contributed by atoms with E-state index < -0.39 is 24.0 Å². The van der Waals surface area contributed by atoms with Crippen LogP contribution in [-0.4, -0.2) is 29.3 Å². The maximum atomic E-state index is 11.9. The average Bonchev–Trinajstić information content (AvgIpc) is 2.54. The van der Waals surface area contributed by atoms with Crippen LogP contribution in [0.5, 0.6) is 0 Å². The molecule has 0 radical (unpaired) electrons. The van der Waals surface area contributed by atoms with E-state index in [4.69, 9.17) is 10.3 Å². The molecule has 0 aliphatic heterocycles. The first-order chi connectivity index (χ1) is 11.1. The fourth-order valence-electron chi connectivity index (χ4n) is 2.70. The van der Waals surface area contributed by atoms with Crippen molar-refractivity contribution in [3.05, 3.63) is 46.3 Å². The van der Waals surface area contributed by atoms with E-state index in [1.165, 1.54) is 0 Å². The summed E-state index contributed by atoms with van der Waals surface area (Å²) in [6, 6.07) is 8.26. The van der Waals surface area contributed by atoms with Gasteiger partial charge in [-0.1, -0.05) is 35.4 Å². The number of azide groups is 1. The third-order valence-corrected chi connectivity index (χ3v) is 3.87. The third kappa shape index (κ3) is 4.89. The number of ether oxygens (including phenoxy) is 1. The van der Waals surface area contributed by atoms with Crippen LogP contribution in [-0.2, 0) is 16.1 Å². The number of rotatable bonds is 5. The highest BCUT2D eigenvalue weighted by molar-refractivity contribution is 5.73. The van der Waals surface area contributed by atoms with Gasteiger partial charge >= 0.3 is 12.1 Å². The summed E-state index contributed by atoms with van der Waals surface area (Å²) < 4.78 is 5.11. The molecule has 122 valence electrons. The van der Waals surface area contributed by atoms with E-state index in [0.29, 0.717) is 19.3 Å². The number of carboxylic acids is 1. The van der Waals surface area contributed by atoms with Crippen molar-refractivity contribution in [3.8, 4) is 0 Å². The Labute approximate surface area is 133 Å². The minimum atomic E-state index is -0.974. The summed E-state index contributed by atoms with van der Waals surface area (Å²) in [5.74, 6) is -1.68. The zero-order valence-corrected chi connectivity index (χ0v) is 12.5. The maximum absolute atomic E-state index is 11.9. The van der Waals surface area contributed by atoms with Crippen LogP contribution in [0.3, 0.4) is 0 Å². The molecular weight excluding hydrogens is 300 g/mol. The lowest BCUT2D eigenvalue weighted by molar-refractivity contribution is -0.143. The first-order valence-corrected chi connectivity index (χ1v) is 7.34. The number of hydrogen-bond donors (Lipinski definition) is 2. The van der Waals surface area contributed by atoms with Crippen molar-refractivity contribution in [1.29, 1.82) is 0 Å². The van der Waals surface area contributed by atoms with Gasteiger partial charge in [0.2, 0.25) is 0 Å². The third-order valence-electron chi connectivity index (χ3n) is 3.87. The van der Waals surface area contributed by atoms with Crippen LogP contribution in [0.25, 0.3) is 10.4 Å². The smallest absolute Gasteiger partial charge is 0.407 e. The number of nitrogens with zero attached hydrogens (tertiary/aromatic N) is 3. The van der Waals surface area contributed by atoms with Gasteiger partial charge < -0.3 is 15.2 Å². The Hall–Kier alpha value is -2.73. The summed E-state index contributed by atoms with van der Waals surface area (Å²) in [4.78, 5) is 25.9. The predicted octanol–water partition coefficient (Wildman–Crippen LogP) is 2.85. The lowest BCUT2D eigenvalue weighted by atomic mass is 9.82. The summed E-state index contributed by atoms with van der Waals surface area (Å²) >= 11 is 0. The summed E-state index contributed by atoms with van der Waals surface area (Å²) in [5, 5.41) is 15.5. The van der Waals surface area contributed by atoms with Gasteiger partial charge in [-0.15, -0.1) is 0 Å². The van der Waals surface area contributed by atoms with Gasteiger partial charge in [0.25, 0.3) is 0 Å². The highest BCUT2D eigenvalue weighted by atomic mass is 16.5. The van der Waals surface area contributed by atoms with Gasteiger partial charge in [-0.05, 0) is 30.4 Å². The van der Waals surface area contributed by atoms with Crippen molar-refractivity contribution in [3.63, 3.8) is 0 Å². The Balaban J connectivity index is 1.92. The molecule has 1 saturated carbocycles. The summed E-state index contributed by atoms with van der Waals surface area (Å²) in [6.07, 6.45) is 0.467. The molecule has 1 amide bonds. The van der Waals surface area contributed by atoms with Crippen molar-refractivity contribution in [2.75, 3.05) is 0 Å². The lowest BCUT2D eigenvalue weighted by Crippen LogP contribution is -2.47. The summed E-state index contributed by atoms with van der Waals surface area (Å²) in [6.45, 7) is 0.108. The van der Waals surface area contributed by atoms with Gasteiger partial charge in [0, 0.05) is 17.0 Å². The van der Waals surface area contributed by atoms with Crippen molar-refractivity contribution >= 4 is 12.1 Å². The Morgan fingerprint density at radius 3 is 2.74 bits per heavy atom. The van der Waals surface area contributed by atoms with Gasteiger partial charge in [-0.2, -0.15) is 0 Å². The minimum absolute atomic E-state index is 0.108. The lowest BCUT2D eigenvalue weighted by Gasteiger charge is -2.32. The number of carbonyl (C=O) groups excluding carboxylic acids is 1. The van der Waals surface area contributed by atoms with Crippen LogP contribution in [0.15, 0.2) is 35.4 Å². The largest absolute Gasteiger partial charge is 0.481 e. The predicted molar refractivity (Wildman–Crippen MR) is 81.5 cm³/mol. The number of nitrogens with one attached hydrogen (secondary N) is 1. The molecule has 1 aliphatic carbocycles. The van der Waals surface area contributed by atoms with Gasteiger partial charge in [0.15, 0.2) is 0 Å². The number of alkyl carbamates (subject to hydrolysis) is 1. The second-order valence-electron chi connectivity index (χ2n) is 5.43. The van der Waals surface area contributed by atoms with Crippen molar-refractivity contribution in [1.82, 2.24) is 5.32 Å². The fraction of sp³-hybridized carbons (Fsp3) is 0.467. The highest BCUT2D eigenvalue weighted by Gasteiger charge is 2.36. The van der Waals surface area contributed by atoms with Crippen LogP contribution in [0.4, 0.5) is 4.79 Å². The SMILES string of the molecule is [N-]=[N+]=N[C@H]1CC[C@H](C(=O)O)[C@H](NC(=O)OCc2ccccc2)C1. The van der Waals surface area contributed by atoms with Gasteiger partial charge in [-0.25, -0.2) is 4.79 Å². The van der Waals surface area contributed by atoms with Gasteiger partial charge in [0.05, 0.1) is 5.92 Å². The highest BCUT2D eigenvalue weighted by Crippen LogP contribution is 2.27. The minimum Gasteiger partial charge on any atom is -0.481 e. The second-order valence-corrected chi connectivity index (χ2v) is 5.43. The van der Waals surface area contributed by atoms with E-state index in [2.05, 4.69) is 15.3 Å². The van der Waals surface area contributed by atoms with E-state index in [-0.39, 0.29) is 12.6 Å². The zero-order chi connectivity index (χ0) is 16.7. The first kappa shape index (κ1) is 16.6. The average molecular weight is 318 g/mol. The molecule has 8 heteroatoms. The number of aliphatic carboxylic acids is 1. The molecule has 0 heterocycles. The first-order valence-electron chi connectivity index (χ1n) is 7.34. The van der Waals surface area contributed by atoms with Gasteiger partial charge in [-0.3, -0.25) is 4.79 Å². The number of carbonyl (C=O) groups is 2. The number of hydrogen-bond acceptors (Lipinski definition) is 4. The van der Waals surface area contributed by atoms with Gasteiger partial charge in [0.1, 0.15) is 6.61 Å². The van der Waals surface area contributed by atoms with Crippen molar-refractivity contribution in [2.24, 2.45) is 11.0 Å². The summed E-state index contributed by atoms with van der Waals surface area (Å²) in [7, 11) is 0. The van der Waals surface area contributed by atoms with Crippen LogP contribution in [0.1, 0.15) is 24.8 Å². The second kappa shape index (κ2) is 8.05. The molecule has 1 aromatic rings. The molecular formula is C15H18N4O4. The number of benzene rings is 1. The molecule has 3 atom stereocenters. The topological polar surface area (TPSA) is 124 Å². The molecule has 0 spiro atoms. The van der Waals surface area contributed by atoms with E-state index in [0.717, 1.165) is 5.56 Å². The summed E-state index contributed by atoms with van der Waals surface area (Å²) in [5.41, 5.74) is 9.34. The molecule has 1 aliphatic rings. The molecule has 23 heavy (non-hydrogen) atoms. The Bertz CT molecular complexity index is 601. The molecule has 0 aromatic heterocycles. The van der Waals surface area contributed by atoms with Crippen molar-refractivity contribution in [2.45, 2.75) is 38.0 Å². The van der Waals surface area contributed by atoms with E-state index in [1.54, 1.807) is 0 Å². The normalized spacial score (nSPS) is 23.4. The number of amides is 1. The zero-order valence-electron chi connectivity index (χ0n) is 12.5. The monoisotopic (exact) mass is 318 g/mol. The van der Waals surface area contributed by atoms with E-state index in [9.17, 15) is 14.7 Å². The molecule has 0 bridgehead atoms. The quantitative estimate of drug-likeness (QED) is 0.492. The van der Waals surface area contributed by atoms with Crippen LogP contribution < -0.4 is 5.32 Å². The molecule has 0 saturated heterocycles. The molecule has 0 unspecified atom stereocenters. The van der Waals surface area contributed by atoms with E-state index in [1.807, 2.05) is 30.3 Å². The maximum Gasteiger partial charge on any atom is 0.407 e. The Kier molecular flexibility index (Phi) is 5.82. The molecule has 1 fully saturated rings. The standard InChI is InChI=1S/C15H18N4O4/c16-19-18-11-6-7-12(14(20)21)13(8-11)17-15(22)23-9-10-4-2-1-3-5-10/h1-5,11-13H,6-9H2,(H,17,22)(H,20,21)/t11-,12-,13+/m0/s1. The van der Waals surface area contributed by atoms with Crippen LogP contribution in [0, 0.1) is 5.92 Å². The Morgan fingerprint density at radius 2 is 2.09 bits per heavy atom. The number of carboxylic acid groups (broad SMARTS) is 1. The molecule has 2 N–H and O–H groups in total.